The minimum Gasteiger partial charge on any atom is -0.462 e. The highest BCUT2D eigenvalue weighted by molar-refractivity contribution is 5.71. The van der Waals surface area contributed by atoms with E-state index in [0.29, 0.717) is 12.8 Å². The number of ether oxygens (including phenoxy) is 3. The predicted molar refractivity (Wildman–Crippen MR) is 325 cm³/mol. The largest absolute Gasteiger partial charge is 0.462 e. The number of allylic oxidation sites excluding steroid dienone is 20. The predicted octanol–water partition coefficient (Wildman–Crippen LogP) is 21.2. The van der Waals surface area contributed by atoms with Crippen molar-refractivity contribution in [1.29, 1.82) is 0 Å². The summed E-state index contributed by atoms with van der Waals surface area (Å²) in [6, 6.07) is 0. The lowest BCUT2D eigenvalue weighted by Gasteiger charge is -2.18. The normalized spacial score (nSPS) is 12.9. The van der Waals surface area contributed by atoms with Crippen LogP contribution < -0.4 is 0 Å². The Morgan fingerprint density at radius 2 is 0.520 bits per heavy atom. The fourth-order valence-corrected chi connectivity index (χ4v) is 8.38. The fraction of sp³-hybridized carbons (Fsp3) is 0.667. The molecule has 0 aromatic heterocycles. The molecule has 0 aromatic carbocycles. The van der Waals surface area contributed by atoms with E-state index in [0.717, 1.165) is 148 Å². The Balaban J connectivity index is 4.49. The average Bonchev–Trinajstić information content (AvgIpc) is 3.41. The van der Waals surface area contributed by atoms with E-state index < -0.39 is 6.10 Å². The molecular weight excluding hydrogens is 925 g/mol. The minimum absolute atomic E-state index is 0.0984. The van der Waals surface area contributed by atoms with Crippen LogP contribution in [0, 0.1) is 0 Å². The van der Waals surface area contributed by atoms with Gasteiger partial charge in [0.25, 0.3) is 0 Å². The quantitative estimate of drug-likeness (QED) is 0.0261. The van der Waals surface area contributed by atoms with Gasteiger partial charge >= 0.3 is 17.9 Å². The SMILES string of the molecule is CC/C=C\C/C=C\C/C=C\C/C=C\C/C=C\CCCCCCCC(=O)OCC(COC(=O)CCCCCCCCCCCCCCCCCCC)OC(=O)CCCCC/C=C\C/C=C\C/C=C\C/C=C\C/C=C\CC. The Morgan fingerprint density at radius 1 is 0.280 bits per heavy atom. The van der Waals surface area contributed by atoms with Gasteiger partial charge in [-0.1, -0.05) is 271 Å². The molecule has 0 heterocycles. The molecule has 0 bridgehead atoms. The molecule has 6 heteroatoms. The first-order valence-corrected chi connectivity index (χ1v) is 31.0. The smallest absolute Gasteiger partial charge is 0.306 e. The molecule has 0 fully saturated rings. The second-order valence-electron chi connectivity index (χ2n) is 20.2. The Kier molecular flexibility index (Phi) is 58.9. The van der Waals surface area contributed by atoms with Gasteiger partial charge in [0.1, 0.15) is 13.2 Å². The van der Waals surface area contributed by atoms with Gasteiger partial charge in [0, 0.05) is 19.3 Å². The van der Waals surface area contributed by atoms with E-state index in [1.807, 2.05) is 0 Å². The van der Waals surface area contributed by atoms with Gasteiger partial charge in [0.15, 0.2) is 6.10 Å². The van der Waals surface area contributed by atoms with Crippen molar-refractivity contribution in [2.75, 3.05) is 13.2 Å². The Hall–Kier alpha value is -4.19. The van der Waals surface area contributed by atoms with Crippen molar-refractivity contribution >= 4 is 17.9 Å². The lowest BCUT2D eigenvalue weighted by Crippen LogP contribution is -2.30. The molecule has 0 amide bonds. The van der Waals surface area contributed by atoms with E-state index in [1.54, 1.807) is 0 Å². The zero-order chi connectivity index (χ0) is 54.3. The highest BCUT2D eigenvalue weighted by atomic mass is 16.6. The van der Waals surface area contributed by atoms with E-state index in [4.69, 9.17) is 14.2 Å². The van der Waals surface area contributed by atoms with Crippen LogP contribution in [0.15, 0.2) is 122 Å². The summed E-state index contributed by atoms with van der Waals surface area (Å²) < 4.78 is 16.9. The lowest BCUT2D eigenvalue weighted by molar-refractivity contribution is -0.167. The summed E-state index contributed by atoms with van der Waals surface area (Å²) in [7, 11) is 0. The fourth-order valence-electron chi connectivity index (χ4n) is 8.38. The molecule has 426 valence electrons. The van der Waals surface area contributed by atoms with Crippen molar-refractivity contribution in [3.63, 3.8) is 0 Å². The maximum atomic E-state index is 12.9. The monoisotopic (exact) mass is 1040 g/mol. The highest BCUT2D eigenvalue weighted by Gasteiger charge is 2.19. The van der Waals surface area contributed by atoms with Crippen LogP contribution in [0.3, 0.4) is 0 Å². The van der Waals surface area contributed by atoms with Gasteiger partial charge in [0.2, 0.25) is 0 Å². The maximum Gasteiger partial charge on any atom is 0.306 e. The molecule has 0 saturated heterocycles. The standard InChI is InChI=1S/C69H114O6/c1-4-7-10-13-16-19-22-25-28-31-33-34-36-38-41-44-47-50-53-56-59-62-68(71)74-65-66(64-73-67(70)61-58-55-52-49-46-43-40-37-30-27-24-21-18-15-12-9-6-3)75-69(72)63-60-57-54-51-48-45-42-39-35-32-29-26-23-20-17-14-11-8-5-2/h7-8,10-11,16-17,19-20,25-26,28-29,33-35,38-39,41,45,48,66H,4-6,9,12-15,18,21-24,27,30-32,36-37,40,42-44,46-47,49-65H2,1-3H3/b10-7-,11-8-,19-16-,20-17-,28-25-,29-26-,34-33-,39-35-,41-38-,48-45-. The topological polar surface area (TPSA) is 78.9 Å². The first-order valence-electron chi connectivity index (χ1n) is 31.0. The molecule has 0 aliphatic heterocycles. The second-order valence-corrected chi connectivity index (χ2v) is 20.2. The first-order chi connectivity index (χ1) is 37.0. The average molecular weight is 1040 g/mol. The Bertz CT molecular complexity index is 1570. The molecule has 0 radical (unpaired) electrons. The van der Waals surface area contributed by atoms with Gasteiger partial charge in [-0.05, 0) is 109 Å². The molecule has 1 unspecified atom stereocenters. The van der Waals surface area contributed by atoms with E-state index in [-0.39, 0.29) is 37.5 Å². The summed E-state index contributed by atoms with van der Waals surface area (Å²) in [6.07, 6.45) is 86.2. The number of hydrogen-bond acceptors (Lipinski definition) is 6. The minimum atomic E-state index is -0.807. The Morgan fingerprint density at radius 3 is 0.827 bits per heavy atom. The van der Waals surface area contributed by atoms with Gasteiger partial charge in [0.05, 0.1) is 0 Å². The van der Waals surface area contributed by atoms with Crippen molar-refractivity contribution in [2.45, 2.75) is 284 Å². The van der Waals surface area contributed by atoms with E-state index in [2.05, 4.69) is 142 Å². The van der Waals surface area contributed by atoms with E-state index in [9.17, 15) is 14.4 Å². The third-order valence-corrected chi connectivity index (χ3v) is 13.0. The number of unbranched alkanes of at least 4 members (excludes halogenated alkanes) is 24. The molecular formula is C69H114O6. The van der Waals surface area contributed by atoms with E-state index in [1.165, 1.54) is 89.9 Å². The van der Waals surface area contributed by atoms with Gasteiger partial charge in [-0.15, -0.1) is 0 Å². The number of esters is 3. The molecule has 0 aliphatic carbocycles. The van der Waals surface area contributed by atoms with Crippen molar-refractivity contribution in [1.82, 2.24) is 0 Å². The van der Waals surface area contributed by atoms with Gasteiger partial charge in [-0.2, -0.15) is 0 Å². The van der Waals surface area contributed by atoms with Crippen LogP contribution in [0.5, 0.6) is 0 Å². The first kappa shape index (κ1) is 70.8. The van der Waals surface area contributed by atoms with Crippen LogP contribution >= 0.6 is 0 Å². The molecule has 6 nitrogen and oxygen atoms in total. The molecule has 0 spiro atoms. The number of carbonyl (C=O) groups excluding carboxylic acids is 3. The lowest BCUT2D eigenvalue weighted by atomic mass is 10.0. The summed E-state index contributed by atoms with van der Waals surface area (Å²) in [5, 5.41) is 0. The second kappa shape index (κ2) is 62.4. The molecule has 0 saturated carbocycles. The summed E-state index contributed by atoms with van der Waals surface area (Å²) >= 11 is 0. The maximum absolute atomic E-state index is 12.9. The van der Waals surface area contributed by atoms with Crippen LogP contribution in [0.4, 0.5) is 0 Å². The summed E-state index contributed by atoms with van der Waals surface area (Å²) in [5.74, 6) is -0.945. The van der Waals surface area contributed by atoms with Crippen molar-refractivity contribution in [3.8, 4) is 0 Å². The molecule has 0 N–H and O–H groups in total. The zero-order valence-corrected chi connectivity index (χ0v) is 48.8. The van der Waals surface area contributed by atoms with Crippen molar-refractivity contribution in [2.24, 2.45) is 0 Å². The number of rotatable bonds is 55. The van der Waals surface area contributed by atoms with Crippen LogP contribution in [-0.4, -0.2) is 37.2 Å². The van der Waals surface area contributed by atoms with Crippen molar-refractivity contribution < 1.29 is 28.6 Å². The van der Waals surface area contributed by atoms with Crippen LogP contribution in [0.2, 0.25) is 0 Å². The highest BCUT2D eigenvalue weighted by Crippen LogP contribution is 2.16. The third kappa shape index (κ3) is 60.6. The third-order valence-electron chi connectivity index (χ3n) is 13.0. The van der Waals surface area contributed by atoms with Gasteiger partial charge < -0.3 is 14.2 Å². The summed E-state index contributed by atoms with van der Waals surface area (Å²) in [6.45, 7) is 6.39. The van der Waals surface area contributed by atoms with Crippen LogP contribution in [0.25, 0.3) is 0 Å². The number of hydrogen-bond donors (Lipinski definition) is 0. The molecule has 0 rings (SSSR count). The van der Waals surface area contributed by atoms with Gasteiger partial charge in [-0.25, -0.2) is 0 Å². The summed E-state index contributed by atoms with van der Waals surface area (Å²) in [5.41, 5.74) is 0. The summed E-state index contributed by atoms with van der Waals surface area (Å²) in [4.78, 5) is 38.3. The molecule has 75 heavy (non-hydrogen) atoms. The van der Waals surface area contributed by atoms with Gasteiger partial charge in [-0.3, -0.25) is 14.4 Å². The molecule has 0 aromatic rings. The Labute approximate surface area is 462 Å². The van der Waals surface area contributed by atoms with Crippen LogP contribution in [0.1, 0.15) is 278 Å². The molecule has 1 atom stereocenters. The molecule has 0 aliphatic rings. The van der Waals surface area contributed by atoms with Crippen LogP contribution in [-0.2, 0) is 28.6 Å². The number of carbonyl (C=O) groups is 3. The van der Waals surface area contributed by atoms with Crippen molar-refractivity contribution in [3.05, 3.63) is 122 Å². The van der Waals surface area contributed by atoms with E-state index >= 15 is 0 Å². The zero-order valence-electron chi connectivity index (χ0n) is 48.8.